The van der Waals surface area contributed by atoms with E-state index in [-0.39, 0.29) is 16.9 Å². The highest BCUT2D eigenvalue weighted by Crippen LogP contribution is 2.22. The number of rotatable bonds is 3. The summed E-state index contributed by atoms with van der Waals surface area (Å²) in [6.07, 6.45) is 0. The highest BCUT2D eigenvalue weighted by atomic mass is 16.7. The third kappa shape index (κ3) is 2.26. The number of benzene rings is 1. The van der Waals surface area contributed by atoms with E-state index >= 15 is 0 Å². The Morgan fingerprint density at radius 3 is 2.69 bits per heavy atom. The van der Waals surface area contributed by atoms with Gasteiger partial charge in [-0.2, -0.15) is 0 Å². The van der Waals surface area contributed by atoms with E-state index in [1.165, 1.54) is 26.3 Å². The van der Waals surface area contributed by atoms with Gasteiger partial charge in [-0.15, -0.1) is 0 Å². The number of nitro benzene ring substituents is 1. The zero-order valence-electron chi connectivity index (χ0n) is 8.84. The predicted molar refractivity (Wildman–Crippen MR) is 56.6 cm³/mol. The number of amides is 1. The molecule has 0 fully saturated rings. The van der Waals surface area contributed by atoms with Gasteiger partial charge in [0, 0.05) is 18.7 Å². The summed E-state index contributed by atoms with van der Waals surface area (Å²) in [6.45, 7) is 0. The van der Waals surface area contributed by atoms with Gasteiger partial charge in [-0.25, -0.2) is 5.06 Å². The maximum atomic E-state index is 11.6. The van der Waals surface area contributed by atoms with Crippen molar-refractivity contribution in [2.75, 3.05) is 19.9 Å². The molecule has 0 bridgehead atoms. The predicted octanol–water partition coefficient (Wildman–Crippen LogP) is 0.810. The van der Waals surface area contributed by atoms with Gasteiger partial charge in [0.15, 0.2) is 0 Å². The van der Waals surface area contributed by atoms with Crippen LogP contribution in [0.5, 0.6) is 0 Å². The summed E-state index contributed by atoms with van der Waals surface area (Å²) in [7, 11) is 2.73. The molecule has 0 aliphatic carbocycles. The van der Waals surface area contributed by atoms with Gasteiger partial charge in [-0.1, -0.05) is 0 Å². The Morgan fingerprint density at radius 2 is 2.19 bits per heavy atom. The molecule has 1 amide bonds. The normalized spacial score (nSPS) is 9.88. The van der Waals surface area contributed by atoms with Gasteiger partial charge >= 0.3 is 0 Å². The molecule has 86 valence electrons. The minimum absolute atomic E-state index is 0.0154. The zero-order chi connectivity index (χ0) is 12.3. The Kier molecular flexibility index (Phi) is 3.41. The van der Waals surface area contributed by atoms with Crippen LogP contribution in [0.1, 0.15) is 10.4 Å². The van der Waals surface area contributed by atoms with Crippen molar-refractivity contribution in [3.63, 3.8) is 0 Å². The minimum atomic E-state index is -0.640. The van der Waals surface area contributed by atoms with Crippen LogP contribution in [0, 0.1) is 10.1 Å². The van der Waals surface area contributed by atoms with Crippen molar-refractivity contribution < 1.29 is 14.6 Å². The lowest BCUT2D eigenvalue weighted by atomic mass is 10.1. The molecule has 0 saturated heterocycles. The fourth-order valence-electron chi connectivity index (χ4n) is 1.10. The van der Waals surface area contributed by atoms with Crippen molar-refractivity contribution in [2.45, 2.75) is 0 Å². The number of carbonyl (C=O) groups is 1. The molecule has 0 saturated carbocycles. The zero-order valence-corrected chi connectivity index (χ0v) is 8.84. The van der Waals surface area contributed by atoms with E-state index in [2.05, 4.69) is 4.84 Å². The maximum Gasteiger partial charge on any atom is 0.292 e. The van der Waals surface area contributed by atoms with Crippen LogP contribution in [-0.2, 0) is 4.84 Å². The van der Waals surface area contributed by atoms with Crippen LogP contribution in [-0.4, -0.2) is 30.1 Å². The molecule has 0 aliphatic heterocycles. The standard InChI is InChI=1S/C9H11N3O4/c1-11(16-2)9(13)6-3-4-7(10)8(5-6)12(14)15/h3-5H,10H2,1-2H3. The molecule has 0 heterocycles. The summed E-state index contributed by atoms with van der Waals surface area (Å²) in [4.78, 5) is 26.2. The van der Waals surface area contributed by atoms with Gasteiger partial charge in [0.1, 0.15) is 5.69 Å². The van der Waals surface area contributed by atoms with Gasteiger partial charge < -0.3 is 5.73 Å². The van der Waals surface area contributed by atoms with Crippen molar-refractivity contribution in [1.82, 2.24) is 5.06 Å². The van der Waals surface area contributed by atoms with Crippen LogP contribution in [0.2, 0.25) is 0 Å². The molecule has 7 heteroatoms. The fraction of sp³-hybridized carbons (Fsp3) is 0.222. The maximum absolute atomic E-state index is 11.6. The van der Waals surface area contributed by atoms with Crippen LogP contribution in [0.4, 0.5) is 11.4 Å². The average molecular weight is 225 g/mol. The van der Waals surface area contributed by atoms with Gasteiger partial charge in [0.05, 0.1) is 12.0 Å². The molecule has 7 nitrogen and oxygen atoms in total. The van der Waals surface area contributed by atoms with Gasteiger partial charge in [-0.3, -0.25) is 19.7 Å². The number of hydrogen-bond donors (Lipinski definition) is 1. The van der Waals surface area contributed by atoms with Crippen molar-refractivity contribution in [3.05, 3.63) is 33.9 Å². The van der Waals surface area contributed by atoms with Gasteiger partial charge in [-0.05, 0) is 12.1 Å². The van der Waals surface area contributed by atoms with Crippen LogP contribution in [0.3, 0.4) is 0 Å². The van der Waals surface area contributed by atoms with Crippen LogP contribution < -0.4 is 5.73 Å². The number of nitrogen functional groups attached to an aromatic ring is 1. The SMILES string of the molecule is CON(C)C(=O)c1ccc(N)c([N+](=O)[O-])c1. The van der Waals surface area contributed by atoms with Crippen molar-refractivity contribution in [2.24, 2.45) is 0 Å². The van der Waals surface area contributed by atoms with E-state index < -0.39 is 10.8 Å². The van der Waals surface area contributed by atoms with Crippen LogP contribution in [0.15, 0.2) is 18.2 Å². The van der Waals surface area contributed by atoms with Crippen molar-refractivity contribution in [3.8, 4) is 0 Å². The second-order valence-corrected chi connectivity index (χ2v) is 3.02. The molecule has 0 radical (unpaired) electrons. The van der Waals surface area contributed by atoms with E-state index in [9.17, 15) is 14.9 Å². The van der Waals surface area contributed by atoms with E-state index in [0.29, 0.717) is 0 Å². The molecule has 0 spiro atoms. The van der Waals surface area contributed by atoms with Crippen molar-refractivity contribution in [1.29, 1.82) is 0 Å². The highest BCUT2D eigenvalue weighted by Gasteiger charge is 2.17. The molecule has 0 aliphatic rings. The molecule has 2 N–H and O–H groups in total. The molecule has 0 unspecified atom stereocenters. The first-order valence-corrected chi connectivity index (χ1v) is 4.33. The van der Waals surface area contributed by atoms with Gasteiger partial charge in [0.2, 0.25) is 0 Å². The first-order chi connectivity index (χ1) is 7.47. The molecule has 1 aromatic carbocycles. The Bertz CT molecular complexity index is 433. The average Bonchev–Trinajstić information content (AvgIpc) is 2.27. The van der Waals surface area contributed by atoms with Gasteiger partial charge in [0.25, 0.3) is 11.6 Å². The number of nitro groups is 1. The second-order valence-electron chi connectivity index (χ2n) is 3.02. The molecular formula is C9H11N3O4. The monoisotopic (exact) mass is 225 g/mol. The quantitative estimate of drug-likeness (QED) is 0.466. The molecule has 1 rings (SSSR count). The van der Waals surface area contributed by atoms with Crippen LogP contribution >= 0.6 is 0 Å². The molecule has 1 aromatic rings. The van der Waals surface area contributed by atoms with E-state index in [1.807, 2.05) is 0 Å². The number of nitrogens with two attached hydrogens (primary N) is 1. The summed E-state index contributed by atoms with van der Waals surface area (Å²) >= 11 is 0. The lowest BCUT2D eigenvalue weighted by Crippen LogP contribution is -2.25. The first-order valence-electron chi connectivity index (χ1n) is 4.33. The lowest BCUT2D eigenvalue weighted by molar-refractivity contribution is -0.383. The Morgan fingerprint density at radius 1 is 1.56 bits per heavy atom. The lowest BCUT2D eigenvalue weighted by Gasteiger charge is -2.13. The van der Waals surface area contributed by atoms with E-state index in [4.69, 9.17) is 5.73 Å². The van der Waals surface area contributed by atoms with E-state index in [1.54, 1.807) is 0 Å². The van der Waals surface area contributed by atoms with Crippen molar-refractivity contribution >= 4 is 17.3 Å². The summed E-state index contributed by atoms with van der Waals surface area (Å²) in [5, 5.41) is 11.6. The topological polar surface area (TPSA) is 98.7 Å². The highest BCUT2D eigenvalue weighted by molar-refractivity contribution is 5.94. The summed E-state index contributed by atoms with van der Waals surface area (Å²) in [6, 6.07) is 3.84. The molecule has 0 aromatic heterocycles. The van der Waals surface area contributed by atoms with E-state index in [0.717, 1.165) is 11.1 Å². The summed E-state index contributed by atoms with van der Waals surface area (Å²) < 4.78 is 0. The smallest absolute Gasteiger partial charge is 0.292 e. The number of hydrogen-bond acceptors (Lipinski definition) is 5. The first kappa shape index (κ1) is 11.9. The Hall–Kier alpha value is -2.15. The fourth-order valence-corrected chi connectivity index (χ4v) is 1.10. The molecule has 0 atom stereocenters. The summed E-state index contributed by atoms with van der Waals surface area (Å²) in [5.41, 5.74) is 5.26. The largest absolute Gasteiger partial charge is 0.393 e. The number of nitrogens with zero attached hydrogens (tertiary/aromatic N) is 2. The molecular weight excluding hydrogens is 214 g/mol. The second kappa shape index (κ2) is 4.58. The number of carbonyl (C=O) groups excluding carboxylic acids is 1. The summed E-state index contributed by atoms with van der Waals surface area (Å²) in [5.74, 6) is -0.481. The third-order valence-electron chi connectivity index (χ3n) is 2.03. The molecule has 16 heavy (non-hydrogen) atoms. The minimum Gasteiger partial charge on any atom is -0.393 e. The Labute approximate surface area is 91.5 Å². The Balaban J connectivity index is 3.13. The number of hydroxylamine groups is 2. The third-order valence-corrected chi connectivity index (χ3v) is 2.03. The number of anilines is 1. The van der Waals surface area contributed by atoms with Crippen LogP contribution in [0.25, 0.3) is 0 Å².